The van der Waals surface area contributed by atoms with E-state index in [1.807, 2.05) is 6.92 Å². The Hall–Kier alpha value is -2.24. The molecule has 0 radical (unpaired) electrons. The third-order valence-electron chi connectivity index (χ3n) is 4.07. The molecule has 5 nitrogen and oxygen atoms in total. The molecule has 2 aromatic rings. The number of carbonyl (C=O) groups is 2. The van der Waals surface area contributed by atoms with Crippen molar-refractivity contribution < 1.29 is 9.59 Å². The molecule has 0 saturated carbocycles. The average Bonchev–Trinajstić information content (AvgIpc) is 2.84. The van der Waals surface area contributed by atoms with Crippen LogP contribution >= 0.6 is 23.2 Å². The van der Waals surface area contributed by atoms with Gasteiger partial charge in [0.15, 0.2) is 0 Å². The zero-order chi connectivity index (χ0) is 18.0. The number of hydrogen-bond donors (Lipinski definition) is 2. The molecular weight excluding hydrogens is 361 g/mol. The van der Waals surface area contributed by atoms with Gasteiger partial charge in [0.2, 0.25) is 5.91 Å². The monoisotopic (exact) mass is 377 g/mol. The Kier molecular flexibility index (Phi) is 5.16. The molecule has 7 heteroatoms. The molecule has 3 rings (SSSR count). The highest BCUT2D eigenvalue weighted by Crippen LogP contribution is 2.30. The van der Waals surface area contributed by atoms with E-state index in [2.05, 4.69) is 10.6 Å². The van der Waals surface area contributed by atoms with Gasteiger partial charge in [0.1, 0.15) is 6.17 Å². The van der Waals surface area contributed by atoms with E-state index in [0.29, 0.717) is 27.8 Å². The molecule has 0 spiro atoms. The Morgan fingerprint density at radius 2 is 1.60 bits per heavy atom. The largest absolute Gasteiger partial charge is 0.320 e. The number of nitrogens with zero attached hydrogens (tertiary/aromatic N) is 1. The van der Waals surface area contributed by atoms with Crippen molar-refractivity contribution in [3.8, 4) is 0 Å². The van der Waals surface area contributed by atoms with Gasteiger partial charge in [-0.25, -0.2) is 4.79 Å². The summed E-state index contributed by atoms with van der Waals surface area (Å²) >= 11 is 11.7. The lowest BCUT2D eigenvalue weighted by Crippen LogP contribution is -2.49. The van der Waals surface area contributed by atoms with E-state index in [4.69, 9.17) is 23.2 Å². The summed E-state index contributed by atoms with van der Waals surface area (Å²) in [6.45, 7) is 1.93. The Bertz CT molecular complexity index is 778. The van der Waals surface area contributed by atoms with Gasteiger partial charge in [-0.3, -0.25) is 9.69 Å². The van der Waals surface area contributed by atoms with Crippen molar-refractivity contribution in [2.24, 2.45) is 5.92 Å². The summed E-state index contributed by atoms with van der Waals surface area (Å²) in [5, 5.41) is 6.80. The molecule has 1 saturated heterocycles. The highest BCUT2D eigenvalue weighted by Gasteiger charge is 2.39. The van der Waals surface area contributed by atoms with E-state index in [1.165, 1.54) is 0 Å². The Labute approximate surface area is 155 Å². The number of benzene rings is 2. The van der Waals surface area contributed by atoms with Gasteiger partial charge >= 0.3 is 6.03 Å². The van der Waals surface area contributed by atoms with Crippen LogP contribution in [0.1, 0.15) is 13.3 Å². The second-order valence-electron chi connectivity index (χ2n) is 5.97. The summed E-state index contributed by atoms with van der Waals surface area (Å²) in [6.07, 6.45) is -0.0601. The maximum atomic E-state index is 12.4. The van der Waals surface area contributed by atoms with E-state index in [0.717, 1.165) is 0 Å². The molecule has 130 valence electrons. The second-order valence-corrected chi connectivity index (χ2v) is 6.84. The summed E-state index contributed by atoms with van der Waals surface area (Å²) in [6, 6.07) is 13.4. The fourth-order valence-corrected chi connectivity index (χ4v) is 3.09. The summed E-state index contributed by atoms with van der Waals surface area (Å²) in [7, 11) is 0. The third-order valence-corrected chi connectivity index (χ3v) is 4.57. The summed E-state index contributed by atoms with van der Waals surface area (Å²) in [5.74, 6) is -0.0502. The lowest BCUT2D eigenvalue weighted by molar-refractivity contribution is -0.117. The van der Waals surface area contributed by atoms with E-state index in [9.17, 15) is 9.59 Å². The Morgan fingerprint density at radius 1 is 1.04 bits per heavy atom. The average molecular weight is 378 g/mol. The lowest BCUT2D eigenvalue weighted by Gasteiger charge is -2.28. The maximum Gasteiger partial charge on any atom is 0.320 e. The zero-order valence-electron chi connectivity index (χ0n) is 13.5. The first-order valence-corrected chi connectivity index (χ1v) is 8.60. The number of nitrogens with one attached hydrogen (secondary N) is 2. The molecule has 0 bridgehead atoms. The third kappa shape index (κ3) is 4.06. The van der Waals surface area contributed by atoms with Crippen molar-refractivity contribution in [3.05, 3.63) is 58.6 Å². The Morgan fingerprint density at radius 3 is 2.20 bits per heavy atom. The minimum atomic E-state index is -0.430. The smallest absolute Gasteiger partial charge is 0.317 e. The van der Waals surface area contributed by atoms with E-state index in [-0.39, 0.29) is 17.9 Å². The molecule has 1 aliphatic rings. The number of hydrogen-bond acceptors (Lipinski definition) is 2. The van der Waals surface area contributed by atoms with Crippen LogP contribution < -0.4 is 15.5 Å². The van der Waals surface area contributed by atoms with Gasteiger partial charge in [0, 0.05) is 33.8 Å². The summed E-state index contributed by atoms with van der Waals surface area (Å²) < 4.78 is 0. The van der Waals surface area contributed by atoms with Gasteiger partial charge < -0.3 is 10.6 Å². The van der Waals surface area contributed by atoms with Crippen LogP contribution in [0.5, 0.6) is 0 Å². The van der Waals surface area contributed by atoms with E-state index < -0.39 is 6.17 Å². The predicted molar refractivity (Wildman–Crippen MR) is 100 cm³/mol. The minimum absolute atomic E-state index is 0.0147. The van der Waals surface area contributed by atoms with Crippen LogP contribution in [0.25, 0.3) is 0 Å². The van der Waals surface area contributed by atoms with Crippen LogP contribution in [-0.4, -0.2) is 18.1 Å². The van der Waals surface area contributed by atoms with Crippen LogP contribution in [0.4, 0.5) is 16.2 Å². The SMILES string of the molecule is CC1CC(=O)N(c2ccc(Cl)cc2)C1NC(=O)Nc1ccc(Cl)cc1. The van der Waals surface area contributed by atoms with Gasteiger partial charge in [-0.15, -0.1) is 0 Å². The molecule has 2 atom stereocenters. The molecule has 0 aliphatic carbocycles. The summed E-state index contributed by atoms with van der Waals surface area (Å²) in [4.78, 5) is 26.3. The first-order chi connectivity index (χ1) is 11.9. The molecule has 1 fully saturated rings. The van der Waals surface area contributed by atoms with Crippen molar-refractivity contribution >= 4 is 46.5 Å². The van der Waals surface area contributed by atoms with Crippen molar-refractivity contribution in [2.45, 2.75) is 19.5 Å². The molecule has 1 aliphatic heterocycles. The van der Waals surface area contributed by atoms with Crippen LogP contribution in [0, 0.1) is 5.92 Å². The summed E-state index contributed by atoms with van der Waals surface area (Å²) in [5.41, 5.74) is 1.33. The molecule has 25 heavy (non-hydrogen) atoms. The van der Waals surface area contributed by atoms with E-state index >= 15 is 0 Å². The van der Waals surface area contributed by atoms with Crippen molar-refractivity contribution in [2.75, 3.05) is 10.2 Å². The van der Waals surface area contributed by atoms with Gasteiger partial charge in [-0.05, 0) is 48.5 Å². The number of carbonyl (C=O) groups excluding carboxylic acids is 2. The zero-order valence-corrected chi connectivity index (χ0v) is 15.0. The van der Waals surface area contributed by atoms with Crippen LogP contribution in [0.15, 0.2) is 48.5 Å². The van der Waals surface area contributed by atoms with Crippen LogP contribution in [0.2, 0.25) is 10.0 Å². The molecule has 2 N–H and O–H groups in total. The van der Waals surface area contributed by atoms with Gasteiger partial charge in [-0.1, -0.05) is 30.1 Å². The molecule has 0 aromatic heterocycles. The first kappa shape index (κ1) is 17.6. The lowest BCUT2D eigenvalue weighted by atomic mass is 10.1. The quantitative estimate of drug-likeness (QED) is 0.825. The second kappa shape index (κ2) is 7.33. The van der Waals surface area contributed by atoms with Crippen LogP contribution in [-0.2, 0) is 4.79 Å². The molecule has 3 amide bonds. The van der Waals surface area contributed by atoms with Crippen LogP contribution in [0.3, 0.4) is 0 Å². The molecular formula is C18H17Cl2N3O2. The van der Waals surface area contributed by atoms with Crippen molar-refractivity contribution in [1.82, 2.24) is 5.32 Å². The number of amides is 3. The fraction of sp³-hybridized carbons (Fsp3) is 0.222. The highest BCUT2D eigenvalue weighted by molar-refractivity contribution is 6.31. The van der Waals surface area contributed by atoms with E-state index in [1.54, 1.807) is 53.4 Å². The minimum Gasteiger partial charge on any atom is -0.317 e. The number of anilines is 2. The predicted octanol–water partition coefficient (Wildman–Crippen LogP) is 4.51. The van der Waals surface area contributed by atoms with Gasteiger partial charge in [-0.2, -0.15) is 0 Å². The molecule has 1 heterocycles. The highest BCUT2D eigenvalue weighted by atomic mass is 35.5. The topological polar surface area (TPSA) is 61.4 Å². The van der Waals surface area contributed by atoms with Crippen molar-refractivity contribution in [1.29, 1.82) is 0 Å². The Balaban J connectivity index is 1.74. The number of halogens is 2. The first-order valence-electron chi connectivity index (χ1n) is 7.85. The molecule has 2 aromatic carbocycles. The normalized spacial score (nSPS) is 19.8. The van der Waals surface area contributed by atoms with Gasteiger partial charge in [0.25, 0.3) is 0 Å². The molecule has 2 unspecified atom stereocenters. The number of urea groups is 1. The fourth-order valence-electron chi connectivity index (χ4n) is 2.84. The van der Waals surface area contributed by atoms with Gasteiger partial charge in [0.05, 0.1) is 0 Å². The maximum absolute atomic E-state index is 12.4. The van der Waals surface area contributed by atoms with Crippen molar-refractivity contribution in [3.63, 3.8) is 0 Å². The standard InChI is InChI=1S/C18H17Cl2N3O2/c1-11-10-16(24)23(15-8-4-13(20)5-9-15)17(11)22-18(25)21-14-6-2-12(19)3-7-14/h2-9,11,17H,10H2,1H3,(H2,21,22,25). The number of rotatable bonds is 3.